The summed E-state index contributed by atoms with van der Waals surface area (Å²) in [6, 6.07) is 7.74. The summed E-state index contributed by atoms with van der Waals surface area (Å²) < 4.78 is 0. The standard InChI is InChI=1S/C16H16N6/c1-2-3-6-14-15(16(17)22-20-14)21-19-13-7-4-5-11-10-18-9-8-12(11)13/h2,4-5,7-10H,1,3,6H2,(H3,17,20,22). The van der Waals surface area contributed by atoms with Crippen LogP contribution in [0.5, 0.6) is 0 Å². The smallest absolute Gasteiger partial charge is 0.173 e. The first-order valence-electron chi connectivity index (χ1n) is 6.97. The molecular weight excluding hydrogens is 276 g/mol. The highest BCUT2D eigenvalue weighted by Crippen LogP contribution is 2.30. The van der Waals surface area contributed by atoms with E-state index in [9.17, 15) is 0 Å². The number of rotatable bonds is 5. The predicted molar refractivity (Wildman–Crippen MR) is 87.4 cm³/mol. The van der Waals surface area contributed by atoms with E-state index in [4.69, 9.17) is 5.73 Å². The number of allylic oxidation sites excluding steroid dienone is 1. The van der Waals surface area contributed by atoms with Crippen molar-refractivity contribution in [2.24, 2.45) is 10.2 Å². The van der Waals surface area contributed by atoms with Crippen LogP contribution in [0.4, 0.5) is 17.2 Å². The molecule has 0 unspecified atom stereocenters. The number of pyridine rings is 1. The molecular formula is C16H16N6. The van der Waals surface area contributed by atoms with Crippen molar-refractivity contribution in [3.05, 3.63) is 55.0 Å². The lowest BCUT2D eigenvalue weighted by Gasteiger charge is -2.00. The number of aromatic nitrogens is 3. The van der Waals surface area contributed by atoms with E-state index in [1.165, 1.54) is 0 Å². The van der Waals surface area contributed by atoms with E-state index in [2.05, 4.69) is 32.0 Å². The minimum absolute atomic E-state index is 0.352. The van der Waals surface area contributed by atoms with Gasteiger partial charge in [-0.2, -0.15) is 5.10 Å². The summed E-state index contributed by atoms with van der Waals surface area (Å²) in [4.78, 5) is 4.11. The molecule has 0 aliphatic rings. The second-order valence-corrected chi connectivity index (χ2v) is 4.84. The van der Waals surface area contributed by atoms with E-state index in [-0.39, 0.29) is 0 Å². The summed E-state index contributed by atoms with van der Waals surface area (Å²) >= 11 is 0. The van der Waals surface area contributed by atoms with Gasteiger partial charge in [0.2, 0.25) is 0 Å². The number of hydrogen-bond acceptors (Lipinski definition) is 5. The van der Waals surface area contributed by atoms with Gasteiger partial charge in [-0.25, -0.2) is 0 Å². The average molecular weight is 292 g/mol. The molecule has 3 aromatic rings. The quantitative estimate of drug-likeness (QED) is 0.548. The summed E-state index contributed by atoms with van der Waals surface area (Å²) in [6.07, 6.45) is 6.96. The van der Waals surface area contributed by atoms with Gasteiger partial charge < -0.3 is 5.73 Å². The van der Waals surface area contributed by atoms with Gasteiger partial charge in [0.25, 0.3) is 0 Å². The van der Waals surface area contributed by atoms with Crippen LogP contribution in [-0.4, -0.2) is 15.2 Å². The number of nitrogens with zero attached hydrogens (tertiary/aromatic N) is 4. The number of fused-ring (bicyclic) bond motifs is 1. The van der Waals surface area contributed by atoms with Crippen molar-refractivity contribution in [3.63, 3.8) is 0 Å². The number of nitrogens with two attached hydrogens (primary N) is 1. The number of nitrogens with one attached hydrogen (secondary N) is 1. The van der Waals surface area contributed by atoms with Gasteiger partial charge in [-0.15, -0.1) is 16.8 Å². The van der Waals surface area contributed by atoms with Crippen LogP contribution < -0.4 is 5.73 Å². The molecule has 0 amide bonds. The molecule has 0 radical (unpaired) electrons. The Bertz CT molecular complexity index is 828. The average Bonchev–Trinajstić information content (AvgIpc) is 2.91. The van der Waals surface area contributed by atoms with E-state index in [0.29, 0.717) is 11.5 Å². The zero-order chi connectivity index (χ0) is 15.4. The predicted octanol–water partition coefficient (Wildman–Crippen LogP) is 4.07. The van der Waals surface area contributed by atoms with Gasteiger partial charge in [0.1, 0.15) is 0 Å². The van der Waals surface area contributed by atoms with E-state index in [1.54, 1.807) is 12.4 Å². The Kier molecular flexibility index (Phi) is 3.91. The molecule has 0 aliphatic heterocycles. The fourth-order valence-corrected chi connectivity index (χ4v) is 2.22. The lowest BCUT2D eigenvalue weighted by molar-refractivity contribution is 0.915. The minimum atomic E-state index is 0.352. The van der Waals surface area contributed by atoms with Gasteiger partial charge in [0.15, 0.2) is 11.5 Å². The number of benzene rings is 1. The third-order valence-corrected chi connectivity index (χ3v) is 3.35. The van der Waals surface area contributed by atoms with Crippen LogP contribution in [-0.2, 0) is 6.42 Å². The number of azo groups is 1. The molecule has 0 bridgehead atoms. The van der Waals surface area contributed by atoms with Gasteiger partial charge in [0, 0.05) is 23.2 Å². The van der Waals surface area contributed by atoms with Crippen LogP contribution >= 0.6 is 0 Å². The van der Waals surface area contributed by atoms with E-state index in [0.717, 1.165) is 35.0 Å². The van der Waals surface area contributed by atoms with Crippen molar-refractivity contribution < 1.29 is 0 Å². The summed E-state index contributed by atoms with van der Waals surface area (Å²) in [6.45, 7) is 3.71. The zero-order valence-electron chi connectivity index (χ0n) is 12.0. The SMILES string of the molecule is C=CCCc1[nH]nc(N)c1N=Nc1cccc2cnccc12. The third kappa shape index (κ3) is 2.71. The van der Waals surface area contributed by atoms with E-state index >= 15 is 0 Å². The highest BCUT2D eigenvalue weighted by atomic mass is 15.2. The Morgan fingerprint density at radius 2 is 2.18 bits per heavy atom. The molecule has 6 nitrogen and oxygen atoms in total. The van der Waals surface area contributed by atoms with Crippen molar-refractivity contribution in [2.75, 3.05) is 5.73 Å². The first-order valence-corrected chi connectivity index (χ1v) is 6.97. The molecule has 2 heterocycles. The number of H-pyrrole nitrogens is 1. The second kappa shape index (κ2) is 6.17. The van der Waals surface area contributed by atoms with Crippen LogP contribution in [0.3, 0.4) is 0 Å². The molecule has 0 saturated carbocycles. The number of hydrogen-bond donors (Lipinski definition) is 2. The molecule has 110 valence electrons. The highest BCUT2D eigenvalue weighted by Gasteiger charge is 2.09. The molecule has 2 aromatic heterocycles. The molecule has 0 fully saturated rings. The number of aromatic amines is 1. The maximum absolute atomic E-state index is 5.86. The Morgan fingerprint density at radius 1 is 1.27 bits per heavy atom. The van der Waals surface area contributed by atoms with Gasteiger partial charge in [0.05, 0.1) is 11.4 Å². The molecule has 0 spiro atoms. The molecule has 0 aliphatic carbocycles. The lowest BCUT2D eigenvalue weighted by Crippen LogP contribution is -1.85. The van der Waals surface area contributed by atoms with Crippen LogP contribution in [0.25, 0.3) is 10.8 Å². The lowest BCUT2D eigenvalue weighted by atomic mass is 10.1. The normalized spacial score (nSPS) is 11.3. The maximum Gasteiger partial charge on any atom is 0.173 e. The van der Waals surface area contributed by atoms with E-state index in [1.807, 2.05) is 30.3 Å². The number of anilines is 1. The molecule has 1 aromatic carbocycles. The van der Waals surface area contributed by atoms with Crippen LogP contribution in [0.1, 0.15) is 12.1 Å². The largest absolute Gasteiger partial charge is 0.380 e. The zero-order valence-corrected chi connectivity index (χ0v) is 12.0. The molecule has 6 heteroatoms. The Morgan fingerprint density at radius 3 is 3.05 bits per heavy atom. The van der Waals surface area contributed by atoms with Gasteiger partial charge >= 0.3 is 0 Å². The number of nitrogen functional groups attached to an aromatic ring is 1. The molecule has 3 rings (SSSR count). The Balaban J connectivity index is 1.96. The highest BCUT2D eigenvalue weighted by molar-refractivity contribution is 5.91. The fourth-order valence-electron chi connectivity index (χ4n) is 2.22. The summed E-state index contributed by atoms with van der Waals surface area (Å²) in [5.74, 6) is 0.352. The fraction of sp³-hybridized carbons (Fsp3) is 0.125. The Labute approximate surface area is 127 Å². The minimum Gasteiger partial charge on any atom is -0.380 e. The van der Waals surface area contributed by atoms with Crippen molar-refractivity contribution >= 4 is 28.0 Å². The van der Waals surface area contributed by atoms with Crippen molar-refractivity contribution in [3.8, 4) is 0 Å². The Hall–Kier alpha value is -3.02. The van der Waals surface area contributed by atoms with Gasteiger partial charge in [-0.05, 0) is 25.0 Å². The van der Waals surface area contributed by atoms with Crippen LogP contribution in [0.15, 0.2) is 59.5 Å². The van der Waals surface area contributed by atoms with Crippen LogP contribution in [0.2, 0.25) is 0 Å². The second-order valence-electron chi connectivity index (χ2n) is 4.84. The monoisotopic (exact) mass is 292 g/mol. The summed E-state index contributed by atoms with van der Waals surface area (Å²) in [7, 11) is 0. The maximum atomic E-state index is 5.86. The van der Waals surface area contributed by atoms with Crippen molar-refractivity contribution in [1.29, 1.82) is 0 Å². The van der Waals surface area contributed by atoms with Crippen molar-refractivity contribution in [1.82, 2.24) is 15.2 Å². The molecule has 22 heavy (non-hydrogen) atoms. The summed E-state index contributed by atoms with van der Waals surface area (Å²) in [5.41, 5.74) is 8.09. The summed E-state index contributed by atoms with van der Waals surface area (Å²) in [5, 5.41) is 17.5. The topological polar surface area (TPSA) is 92.3 Å². The first-order chi connectivity index (χ1) is 10.8. The molecule has 0 atom stereocenters. The molecule has 0 saturated heterocycles. The molecule has 3 N–H and O–H groups in total. The third-order valence-electron chi connectivity index (χ3n) is 3.35. The number of aryl methyl sites for hydroxylation is 1. The van der Waals surface area contributed by atoms with Gasteiger partial charge in [-0.1, -0.05) is 18.2 Å². The van der Waals surface area contributed by atoms with E-state index < -0.39 is 0 Å². The van der Waals surface area contributed by atoms with Crippen molar-refractivity contribution in [2.45, 2.75) is 12.8 Å². The van der Waals surface area contributed by atoms with Crippen LogP contribution in [0, 0.1) is 0 Å². The first kappa shape index (κ1) is 13.9. The van der Waals surface area contributed by atoms with Gasteiger partial charge in [-0.3, -0.25) is 10.1 Å².